The van der Waals surface area contributed by atoms with Crippen LogP contribution in [-0.2, 0) is 0 Å². The minimum atomic E-state index is -1.01. The summed E-state index contributed by atoms with van der Waals surface area (Å²) in [5.74, 6) is -2.36. The fourth-order valence-corrected chi connectivity index (χ4v) is 1.95. The zero-order chi connectivity index (χ0) is 14.3. The lowest BCUT2D eigenvalue weighted by Crippen LogP contribution is -2.07. The fraction of sp³-hybridized carbons (Fsp3) is 0.0769. The standard InChI is InChI=1S/C13H8F3N3O/c1-20-19-12-4-10(16)9(15)3-11(12)18-13(19)7-2-8(14)6-17-5-7/h2-6H,1H3. The van der Waals surface area contributed by atoms with E-state index in [0.29, 0.717) is 5.56 Å². The number of hydrogen-bond donors (Lipinski definition) is 0. The number of nitrogens with zero attached hydrogens (tertiary/aromatic N) is 3. The third-order valence-corrected chi connectivity index (χ3v) is 2.80. The van der Waals surface area contributed by atoms with Gasteiger partial charge < -0.3 is 4.84 Å². The molecule has 20 heavy (non-hydrogen) atoms. The fourth-order valence-electron chi connectivity index (χ4n) is 1.95. The van der Waals surface area contributed by atoms with E-state index in [1.54, 1.807) is 0 Å². The first-order chi connectivity index (χ1) is 9.60. The van der Waals surface area contributed by atoms with Gasteiger partial charge in [-0.15, -0.1) is 0 Å². The minimum Gasteiger partial charge on any atom is -0.415 e. The Morgan fingerprint density at radius 1 is 1.05 bits per heavy atom. The van der Waals surface area contributed by atoms with Crippen molar-refractivity contribution in [2.45, 2.75) is 0 Å². The van der Waals surface area contributed by atoms with E-state index in [1.165, 1.54) is 24.1 Å². The molecule has 0 aliphatic heterocycles. The average molecular weight is 279 g/mol. The number of fused-ring (bicyclic) bond motifs is 1. The van der Waals surface area contributed by atoms with E-state index in [2.05, 4.69) is 9.97 Å². The number of imidazole rings is 1. The molecule has 4 nitrogen and oxygen atoms in total. The molecule has 0 bridgehead atoms. The molecule has 0 amide bonds. The number of rotatable bonds is 2. The third-order valence-electron chi connectivity index (χ3n) is 2.80. The van der Waals surface area contributed by atoms with E-state index in [9.17, 15) is 13.2 Å². The molecular weight excluding hydrogens is 271 g/mol. The van der Waals surface area contributed by atoms with Crippen molar-refractivity contribution in [3.63, 3.8) is 0 Å². The Bertz CT molecular complexity index is 801. The van der Waals surface area contributed by atoms with Crippen LogP contribution >= 0.6 is 0 Å². The monoisotopic (exact) mass is 279 g/mol. The van der Waals surface area contributed by atoms with Gasteiger partial charge in [0.05, 0.1) is 11.7 Å². The normalized spacial score (nSPS) is 11.0. The van der Waals surface area contributed by atoms with Crippen LogP contribution in [0.5, 0.6) is 0 Å². The lowest BCUT2D eigenvalue weighted by Gasteiger charge is -2.06. The number of halogens is 3. The summed E-state index contributed by atoms with van der Waals surface area (Å²) in [5, 5.41) is 0. The van der Waals surface area contributed by atoms with Gasteiger partial charge >= 0.3 is 0 Å². The van der Waals surface area contributed by atoms with Crippen molar-refractivity contribution in [1.82, 2.24) is 14.7 Å². The third kappa shape index (κ3) is 1.87. The molecule has 2 heterocycles. The molecule has 0 aliphatic rings. The van der Waals surface area contributed by atoms with E-state index >= 15 is 0 Å². The Morgan fingerprint density at radius 3 is 2.50 bits per heavy atom. The lowest BCUT2D eigenvalue weighted by atomic mass is 10.3. The van der Waals surface area contributed by atoms with Gasteiger partial charge in [-0.05, 0) is 6.07 Å². The predicted octanol–water partition coefficient (Wildman–Crippen LogP) is 2.57. The maximum absolute atomic E-state index is 13.3. The van der Waals surface area contributed by atoms with Crippen LogP contribution in [0.1, 0.15) is 0 Å². The first-order valence-electron chi connectivity index (χ1n) is 5.63. The second-order valence-electron chi connectivity index (χ2n) is 4.06. The Kier molecular flexibility index (Phi) is 2.81. The van der Waals surface area contributed by atoms with Crippen molar-refractivity contribution in [3.8, 4) is 11.4 Å². The average Bonchev–Trinajstić information content (AvgIpc) is 2.77. The van der Waals surface area contributed by atoms with Crippen molar-refractivity contribution in [2.24, 2.45) is 0 Å². The van der Waals surface area contributed by atoms with Crippen LogP contribution in [0.15, 0.2) is 30.6 Å². The molecule has 0 saturated heterocycles. The van der Waals surface area contributed by atoms with Crippen LogP contribution in [0.2, 0.25) is 0 Å². The van der Waals surface area contributed by atoms with Crippen molar-refractivity contribution in [2.75, 3.05) is 7.11 Å². The highest BCUT2D eigenvalue weighted by Crippen LogP contribution is 2.25. The van der Waals surface area contributed by atoms with Gasteiger partial charge in [0.1, 0.15) is 18.4 Å². The SMILES string of the molecule is COn1c(-c2cncc(F)c2)nc2cc(F)c(F)cc21. The maximum atomic E-state index is 13.3. The van der Waals surface area contributed by atoms with Crippen LogP contribution in [0.25, 0.3) is 22.4 Å². The summed E-state index contributed by atoms with van der Waals surface area (Å²) < 4.78 is 40.9. The summed E-state index contributed by atoms with van der Waals surface area (Å²) in [4.78, 5) is 12.9. The van der Waals surface area contributed by atoms with Crippen LogP contribution < -0.4 is 4.84 Å². The topological polar surface area (TPSA) is 39.9 Å². The highest BCUT2D eigenvalue weighted by Gasteiger charge is 2.16. The molecule has 1 aromatic carbocycles. The summed E-state index contributed by atoms with van der Waals surface area (Å²) >= 11 is 0. The largest absolute Gasteiger partial charge is 0.415 e. The lowest BCUT2D eigenvalue weighted by molar-refractivity contribution is 0.181. The highest BCUT2D eigenvalue weighted by atomic mass is 19.2. The van der Waals surface area contributed by atoms with Crippen molar-refractivity contribution < 1.29 is 18.0 Å². The zero-order valence-corrected chi connectivity index (χ0v) is 10.3. The Labute approximate surface area is 111 Å². The van der Waals surface area contributed by atoms with E-state index in [1.807, 2.05) is 0 Å². The Morgan fingerprint density at radius 2 is 1.80 bits per heavy atom. The number of pyridine rings is 1. The second kappa shape index (κ2) is 4.52. The molecule has 102 valence electrons. The van der Waals surface area contributed by atoms with E-state index in [4.69, 9.17) is 4.84 Å². The Balaban J connectivity index is 2.31. The molecule has 0 aliphatic carbocycles. The first-order valence-corrected chi connectivity index (χ1v) is 5.63. The minimum absolute atomic E-state index is 0.199. The summed E-state index contributed by atoms with van der Waals surface area (Å²) in [6.45, 7) is 0. The summed E-state index contributed by atoms with van der Waals surface area (Å²) in [7, 11) is 1.35. The molecule has 0 unspecified atom stereocenters. The molecule has 7 heteroatoms. The molecule has 0 radical (unpaired) electrons. The quantitative estimate of drug-likeness (QED) is 0.724. The van der Waals surface area contributed by atoms with Gasteiger partial charge in [0.15, 0.2) is 17.5 Å². The first kappa shape index (κ1) is 12.5. The number of aromatic nitrogens is 3. The van der Waals surface area contributed by atoms with Gasteiger partial charge in [-0.3, -0.25) is 4.98 Å². The molecule has 0 spiro atoms. The van der Waals surface area contributed by atoms with E-state index in [0.717, 1.165) is 18.3 Å². The van der Waals surface area contributed by atoms with Gasteiger partial charge in [-0.1, -0.05) is 0 Å². The molecule has 3 aromatic rings. The highest BCUT2D eigenvalue weighted by molar-refractivity contribution is 5.80. The molecular formula is C13H8F3N3O. The number of hydrogen-bond acceptors (Lipinski definition) is 3. The van der Waals surface area contributed by atoms with Crippen LogP contribution in [0.3, 0.4) is 0 Å². The number of benzene rings is 1. The van der Waals surface area contributed by atoms with Crippen LogP contribution in [0, 0.1) is 17.5 Å². The van der Waals surface area contributed by atoms with Gasteiger partial charge in [-0.2, -0.15) is 4.73 Å². The van der Waals surface area contributed by atoms with Crippen molar-refractivity contribution >= 4 is 11.0 Å². The van der Waals surface area contributed by atoms with E-state index in [-0.39, 0.29) is 16.9 Å². The van der Waals surface area contributed by atoms with Crippen LogP contribution in [0.4, 0.5) is 13.2 Å². The summed E-state index contributed by atoms with van der Waals surface area (Å²) in [5.41, 5.74) is 0.777. The molecule has 0 saturated carbocycles. The zero-order valence-electron chi connectivity index (χ0n) is 10.3. The predicted molar refractivity (Wildman–Crippen MR) is 65.3 cm³/mol. The van der Waals surface area contributed by atoms with Gasteiger partial charge in [0.2, 0.25) is 0 Å². The van der Waals surface area contributed by atoms with Crippen molar-refractivity contribution in [1.29, 1.82) is 0 Å². The van der Waals surface area contributed by atoms with E-state index < -0.39 is 17.5 Å². The van der Waals surface area contributed by atoms with Gasteiger partial charge in [-0.25, -0.2) is 18.2 Å². The molecule has 0 fully saturated rings. The van der Waals surface area contributed by atoms with Gasteiger partial charge in [0.25, 0.3) is 0 Å². The maximum Gasteiger partial charge on any atom is 0.178 e. The Hall–Kier alpha value is -2.57. The second-order valence-corrected chi connectivity index (χ2v) is 4.06. The summed E-state index contributed by atoms with van der Waals surface area (Å²) in [6, 6.07) is 3.13. The molecule has 2 aromatic heterocycles. The molecule has 3 rings (SSSR count). The summed E-state index contributed by atoms with van der Waals surface area (Å²) in [6.07, 6.45) is 2.43. The molecule has 0 N–H and O–H groups in total. The van der Waals surface area contributed by atoms with Crippen molar-refractivity contribution in [3.05, 3.63) is 48.0 Å². The molecule has 0 atom stereocenters. The smallest absolute Gasteiger partial charge is 0.178 e. The van der Waals surface area contributed by atoms with Gasteiger partial charge in [0, 0.05) is 23.9 Å². The van der Waals surface area contributed by atoms with Crippen LogP contribution in [-0.4, -0.2) is 21.8 Å².